The van der Waals surface area contributed by atoms with Crippen molar-refractivity contribution in [1.29, 1.82) is 0 Å². The highest BCUT2D eigenvalue weighted by Gasteiger charge is 2.11. The van der Waals surface area contributed by atoms with Crippen LogP contribution >= 0.6 is 0 Å². The highest BCUT2D eigenvalue weighted by molar-refractivity contribution is 5.89. The molecule has 6 N–H and O–H groups in total. The normalized spacial score (nSPS) is 12.6. The highest BCUT2D eigenvalue weighted by Crippen LogP contribution is 2.24. The Morgan fingerprint density at radius 2 is 1.48 bits per heavy atom. The number of carbonyl (C=O) groups is 2. The minimum atomic E-state index is -1.26. The number of aromatic hydroxyl groups is 2. The van der Waals surface area contributed by atoms with E-state index in [1.807, 2.05) is 18.2 Å². The third kappa shape index (κ3) is 10.5. The van der Waals surface area contributed by atoms with Crippen LogP contribution in [0.5, 0.6) is 11.5 Å². The summed E-state index contributed by atoms with van der Waals surface area (Å²) >= 11 is 0. The van der Waals surface area contributed by atoms with E-state index in [9.17, 15) is 24.9 Å². The molecule has 0 fully saturated rings. The molecular formula is C21H25NO7. The average Bonchev–Trinajstić information content (AvgIpc) is 2.65. The largest absolute Gasteiger partial charge is 0.508 e. The molecule has 0 spiro atoms. The lowest BCUT2D eigenvalue weighted by atomic mass is 10.1. The van der Waals surface area contributed by atoms with E-state index in [1.165, 1.54) is 23.8 Å². The molecule has 0 bridgehead atoms. The third-order valence-electron chi connectivity index (χ3n) is 3.72. The summed E-state index contributed by atoms with van der Waals surface area (Å²) < 4.78 is 0. The number of rotatable bonds is 8. The minimum Gasteiger partial charge on any atom is -0.508 e. The number of nitrogens with one attached hydrogen (secondary N) is 1. The molecule has 0 aliphatic heterocycles. The maximum absolute atomic E-state index is 10.1. The number of hydrogen-bond donors (Lipinski definition) is 6. The Morgan fingerprint density at radius 1 is 0.966 bits per heavy atom. The Bertz CT molecular complexity index is 785. The molecule has 156 valence electrons. The van der Waals surface area contributed by atoms with E-state index in [0.717, 1.165) is 6.42 Å². The lowest BCUT2D eigenvalue weighted by Crippen LogP contribution is -2.32. The smallest absolute Gasteiger partial charge is 0.328 e. The van der Waals surface area contributed by atoms with Crippen molar-refractivity contribution in [1.82, 2.24) is 5.32 Å². The van der Waals surface area contributed by atoms with Crippen LogP contribution in [-0.4, -0.2) is 50.1 Å². The number of benzene rings is 2. The molecule has 0 saturated carbocycles. The second-order valence-corrected chi connectivity index (χ2v) is 6.31. The van der Waals surface area contributed by atoms with Crippen molar-refractivity contribution in [2.24, 2.45) is 0 Å². The zero-order valence-corrected chi connectivity index (χ0v) is 15.9. The van der Waals surface area contributed by atoms with Gasteiger partial charge in [-0.05, 0) is 36.6 Å². The molecule has 0 aliphatic carbocycles. The summed E-state index contributed by atoms with van der Waals surface area (Å²) in [4.78, 5) is 19.1. The Morgan fingerprint density at radius 3 is 1.97 bits per heavy atom. The number of phenolic OH excluding ortho intramolecular Hbond substituents is 2. The van der Waals surface area contributed by atoms with E-state index >= 15 is 0 Å². The minimum absolute atomic E-state index is 0.0543. The topological polar surface area (TPSA) is 147 Å². The molecule has 0 aromatic heterocycles. The molecule has 0 heterocycles. The van der Waals surface area contributed by atoms with Crippen molar-refractivity contribution in [3.63, 3.8) is 0 Å². The molecule has 0 radical (unpaired) electrons. The van der Waals surface area contributed by atoms with Gasteiger partial charge in [-0.15, -0.1) is 0 Å². The predicted octanol–water partition coefficient (Wildman–Crippen LogP) is 2.06. The number of aliphatic carboxylic acids is 2. The lowest BCUT2D eigenvalue weighted by Gasteiger charge is -2.18. The van der Waals surface area contributed by atoms with Crippen LogP contribution in [-0.2, 0) is 16.0 Å². The molecule has 0 saturated heterocycles. The van der Waals surface area contributed by atoms with Gasteiger partial charge < -0.3 is 30.8 Å². The van der Waals surface area contributed by atoms with E-state index < -0.39 is 18.0 Å². The van der Waals surface area contributed by atoms with E-state index in [0.29, 0.717) is 24.3 Å². The van der Waals surface area contributed by atoms with Gasteiger partial charge >= 0.3 is 11.9 Å². The van der Waals surface area contributed by atoms with Gasteiger partial charge in [0.1, 0.15) is 11.5 Å². The van der Waals surface area contributed by atoms with Crippen molar-refractivity contribution in [3.05, 3.63) is 71.8 Å². The number of hydrogen-bond acceptors (Lipinski definition) is 6. The Labute approximate surface area is 168 Å². The van der Waals surface area contributed by atoms with Crippen molar-refractivity contribution in [2.75, 3.05) is 6.54 Å². The first kappa shape index (κ1) is 23.7. The quantitative estimate of drug-likeness (QED) is 0.367. The van der Waals surface area contributed by atoms with Crippen LogP contribution in [0.15, 0.2) is 60.7 Å². The van der Waals surface area contributed by atoms with Crippen molar-refractivity contribution < 1.29 is 35.1 Å². The summed E-state index contributed by atoms with van der Waals surface area (Å²) in [6.45, 7) is 2.41. The maximum Gasteiger partial charge on any atom is 0.328 e. The van der Waals surface area contributed by atoms with Gasteiger partial charge in [0.15, 0.2) is 0 Å². The van der Waals surface area contributed by atoms with Crippen LogP contribution in [0.2, 0.25) is 0 Å². The number of carboxylic acid groups (broad SMARTS) is 2. The lowest BCUT2D eigenvalue weighted by molar-refractivity contribution is -0.134. The first-order valence-electron chi connectivity index (χ1n) is 8.79. The van der Waals surface area contributed by atoms with Gasteiger partial charge in [0.05, 0.1) is 6.10 Å². The van der Waals surface area contributed by atoms with Crippen molar-refractivity contribution in [2.45, 2.75) is 25.5 Å². The van der Waals surface area contributed by atoms with E-state index in [4.69, 9.17) is 10.2 Å². The fourth-order valence-corrected chi connectivity index (χ4v) is 2.42. The summed E-state index contributed by atoms with van der Waals surface area (Å²) in [5, 5.41) is 47.8. The summed E-state index contributed by atoms with van der Waals surface area (Å²) in [7, 11) is 0. The van der Waals surface area contributed by atoms with Gasteiger partial charge in [0, 0.05) is 30.8 Å². The van der Waals surface area contributed by atoms with Crippen LogP contribution in [0.25, 0.3) is 0 Å². The van der Waals surface area contributed by atoms with E-state index in [-0.39, 0.29) is 17.5 Å². The molecule has 0 aliphatic rings. The molecule has 29 heavy (non-hydrogen) atoms. The number of aliphatic hydroxyl groups is 1. The summed E-state index contributed by atoms with van der Waals surface area (Å²) in [5.74, 6) is -2.62. The molecule has 8 nitrogen and oxygen atoms in total. The van der Waals surface area contributed by atoms with Crippen LogP contribution < -0.4 is 5.32 Å². The maximum atomic E-state index is 10.1. The van der Waals surface area contributed by atoms with Crippen LogP contribution in [0.3, 0.4) is 0 Å². The van der Waals surface area contributed by atoms with Gasteiger partial charge in [-0.3, -0.25) is 0 Å². The summed E-state index contributed by atoms with van der Waals surface area (Å²) in [5.41, 5.74) is 1.73. The van der Waals surface area contributed by atoms with Gasteiger partial charge in [0.2, 0.25) is 0 Å². The molecule has 2 atom stereocenters. The SMILES string of the molecule is C[C@H](Cc1ccccc1)NC[C@H](O)c1cc(O)cc(O)c1.O=C(O)C=CC(=O)O. The monoisotopic (exact) mass is 403 g/mol. The Kier molecular flexibility index (Phi) is 9.94. The van der Waals surface area contributed by atoms with Crippen molar-refractivity contribution in [3.8, 4) is 11.5 Å². The molecule has 2 aromatic carbocycles. The number of carboxylic acids is 2. The second kappa shape index (κ2) is 12.2. The molecule has 0 amide bonds. The van der Waals surface area contributed by atoms with Gasteiger partial charge in [-0.1, -0.05) is 30.3 Å². The van der Waals surface area contributed by atoms with E-state index in [2.05, 4.69) is 24.4 Å². The fourth-order valence-electron chi connectivity index (χ4n) is 2.42. The zero-order chi connectivity index (χ0) is 21.8. The highest BCUT2D eigenvalue weighted by atomic mass is 16.4. The third-order valence-corrected chi connectivity index (χ3v) is 3.72. The Hall–Kier alpha value is -3.36. The molecular weight excluding hydrogens is 378 g/mol. The summed E-state index contributed by atoms with van der Waals surface area (Å²) in [6.07, 6.45) is 1.21. The first-order chi connectivity index (χ1) is 13.7. The molecule has 2 aromatic rings. The van der Waals surface area contributed by atoms with Gasteiger partial charge in [-0.2, -0.15) is 0 Å². The zero-order valence-electron chi connectivity index (χ0n) is 15.9. The standard InChI is InChI=1S/C17H21NO3.C4H4O4/c1-12(7-13-5-3-2-4-6-13)18-11-17(21)14-8-15(19)10-16(20)9-14;5-3(6)1-2-4(7)8/h2-6,8-10,12,17-21H,7,11H2,1H3;1-2H,(H,5,6)(H,7,8)/t12-,17+;/m1./s1. The first-order valence-corrected chi connectivity index (χ1v) is 8.79. The van der Waals surface area contributed by atoms with Crippen LogP contribution in [0, 0.1) is 0 Å². The molecule has 2 rings (SSSR count). The van der Waals surface area contributed by atoms with Gasteiger partial charge in [0.25, 0.3) is 0 Å². The Balaban J connectivity index is 0.000000447. The molecule has 8 heteroatoms. The van der Waals surface area contributed by atoms with Crippen LogP contribution in [0.4, 0.5) is 0 Å². The van der Waals surface area contributed by atoms with Gasteiger partial charge in [-0.25, -0.2) is 9.59 Å². The number of phenols is 2. The second-order valence-electron chi connectivity index (χ2n) is 6.31. The summed E-state index contributed by atoms with van der Waals surface area (Å²) in [6, 6.07) is 14.5. The van der Waals surface area contributed by atoms with Crippen LogP contribution in [0.1, 0.15) is 24.2 Å². The molecule has 0 unspecified atom stereocenters. The van der Waals surface area contributed by atoms with E-state index in [1.54, 1.807) is 0 Å². The fraction of sp³-hybridized carbons (Fsp3) is 0.238. The predicted molar refractivity (Wildman–Crippen MR) is 107 cm³/mol. The number of aliphatic hydroxyl groups excluding tert-OH is 1. The van der Waals surface area contributed by atoms with Crippen molar-refractivity contribution >= 4 is 11.9 Å². The average molecular weight is 403 g/mol.